The summed E-state index contributed by atoms with van der Waals surface area (Å²) in [6.45, 7) is 0.289. The van der Waals surface area contributed by atoms with Crippen LogP contribution in [0.5, 0.6) is 5.75 Å². The maximum atomic E-state index is 12.3. The lowest BCUT2D eigenvalue weighted by Crippen LogP contribution is -2.32. The molecule has 0 fully saturated rings. The first-order valence-electron chi connectivity index (χ1n) is 7.84. The molecule has 0 saturated carbocycles. The number of hydrogen-bond donors (Lipinski definition) is 1. The Bertz CT molecular complexity index is 807. The lowest BCUT2D eigenvalue weighted by Gasteiger charge is -2.19. The van der Waals surface area contributed by atoms with Crippen molar-refractivity contribution in [2.75, 3.05) is 24.2 Å². The maximum absolute atomic E-state index is 12.3. The van der Waals surface area contributed by atoms with Gasteiger partial charge in [-0.3, -0.25) is 9.10 Å². The number of nitrogens with zero attached hydrogens (tertiary/aromatic N) is 1. The molecular formula is C18H22N2O4S. The average Bonchev–Trinajstić information content (AvgIpc) is 2.65. The quantitative estimate of drug-likeness (QED) is 0.781. The van der Waals surface area contributed by atoms with Crippen molar-refractivity contribution in [1.82, 2.24) is 5.32 Å². The number of ether oxygens (including phenoxy) is 1. The first-order chi connectivity index (χ1) is 11.9. The molecule has 0 radical (unpaired) electrons. The smallest absolute Gasteiger partial charge is 0.235 e. The van der Waals surface area contributed by atoms with E-state index in [-0.39, 0.29) is 24.6 Å². The van der Waals surface area contributed by atoms with Crippen molar-refractivity contribution in [2.45, 2.75) is 13.0 Å². The maximum Gasteiger partial charge on any atom is 0.235 e. The van der Waals surface area contributed by atoms with E-state index >= 15 is 0 Å². The van der Waals surface area contributed by atoms with Crippen molar-refractivity contribution in [3.8, 4) is 5.75 Å². The molecule has 0 bridgehead atoms. The number of sulfonamides is 1. The van der Waals surface area contributed by atoms with Gasteiger partial charge < -0.3 is 10.1 Å². The van der Waals surface area contributed by atoms with E-state index in [1.165, 1.54) is 11.4 Å². The zero-order chi connectivity index (χ0) is 18.3. The second kappa shape index (κ2) is 8.53. The second-order valence-corrected chi connectivity index (χ2v) is 7.58. The molecule has 0 aliphatic heterocycles. The van der Waals surface area contributed by atoms with Crippen molar-refractivity contribution in [3.63, 3.8) is 0 Å². The third-order valence-corrected chi connectivity index (χ3v) is 5.56. The topological polar surface area (TPSA) is 75.7 Å². The van der Waals surface area contributed by atoms with E-state index in [0.29, 0.717) is 11.4 Å². The summed E-state index contributed by atoms with van der Waals surface area (Å²) in [6.07, 6.45) is -0.103. The summed E-state index contributed by atoms with van der Waals surface area (Å²) < 4.78 is 31.1. The van der Waals surface area contributed by atoms with Crippen LogP contribution in [-0.2, 0) is 21.4 Å². The summed E-state index contributed by atoms with van der Waals surface area (Å²) in [7, 11) is -0.511. The minimum Gasteiger partial charge on any atom is -0.496 e. The van der Waals surface area contributed by atoms with Crippen LogP contribution in [0.1, 0.15) is 12.0 Å². The van der Waals surface area contributed by atoms with Gasteiger partial charge >= 0.3 is 0 Å². The van der Waals surface area contributed by atoms with Crippen LogP contribution in [0.4, 0.5) is 5.69 Å². The van der Waals surface area contributed by atoms with Crippen LogP contribution in [0.2, 0.25) is 0 Å². The molecule has 0 aliphatic rings. The Morgan fingerprint density at radius 3 is 2.40 bits per heavy atom. The van der Waals surface area contributed by atoms with Gasteiger partial charge in [-0.25, -0.2) is 8.42 Å². The van der Waals surface area contributed by atoms with Gasteiger partial charge in [0.25, 0.3) is 0 Å². The van der Waals surface area contributed by atoms with Crippen molar-refractivity contribution >= 4 is 21.6 Å². The Labute approximate surface area is 148 Å². The van der Waals surface area contributed by atoms with Crippen LogP contribution in [0.3, 0.4) is 0 Å². The molecular weight excluding hydrogens is 340 g/mol. The van der Waals surface area contributed by atoms with E-state index in [4.69, 9.17) is 4.74 Å². The Hall–Kier alpha value is -2.54. The number of nitrogens with one attached hydrogen (secondary N) is 1. The highest BCUT2D eigenvalue weighted by Crippen LogP contribution is 2.17. The normalized spacial score (nSPS) is 11.0. The molecule has 0 spiro atoms. The fourth-order valence-electron chi connectivity index (χ4n) is 2.29. The fraction of sp³-hybridized carbons (Fsp3) is 0.278. The number of hydrogen-bond acceptors (Lipinski definition) is 4. The van der Waals surface area contributed by atoms with E-state index in [1.807, 2.05) is 24.3 Å². The van der Waals surface area contributed by atoms with Crippen LogP contribution < -0.4 is 14.4 Å². The van der Waals surface area contributed by atoms with Crippen LogP contribution in [0.25, 0.3) is 0 Å². The van der Waals surface area contributed by atoms with Gasteiger partial charge in [0.2, 0.25) is 15.9 Å². The zero-order valence-electron chi connectivity index (χ0n) is 14.3. The molecule has 0 saturated heterocycles. The lowest BCUT2D eigenvalue weighted by molar-refractivity contribution is -0.120. The van der Waals surface area contributed by atoms with Gasteiger partial charge in [-0.2, -0.15) is 0 Å². The zero-order valence-corrected chi connectivity index (χ0v) is 15.1. The molecule has 134 valence electrons. The largest absolute Gasteiger partial charge is 0.496 e. The molecule has 2 aromatic carbocycles. The number of benzene rings is 2. The number of methoxy groups -OCH3 is 1. The van der Waals surface area contributed by atoms with Crippen molar-refractivity contribution in [3.05, 3.63) is 60.2 Å². The Morgan fingerprint density at radius 1 is 1.08 bits per heavy atom. The van der Waals surface area contributed by atoms with Crippen LogP contribution >= 0.6 is 0 Å². The minimum atomic E-state index is -3.56. The fourth-order valence-corrected chi connectivity index (χ4v) is 3.45. The predicted molar refractivity (Wildman–Crippen MR) is 98.1 cm³/mol. The van der Waals surface area contributed by atoms with E-state index in [0.717, 1.165) is 5.56 Å². The molecule has 0 aromatic heterocycles. The summed E-state index contributed by atoms with van der Waals surface area (Å²) in [4.78, 5) is 12.0. The molecule has 6 nitrogen and oxygen atoms in total. The van der Waals surface area contributed by atoms with E-state index in [1.54, 1.807) is 37.4 Å². The summed E-state index contributed by atoms with van der Waals surface area (Å²) in [6, 6.07) is 16.1. The van der Waals surface area contributed by atoms with E-state index in [9.17, 15) is 13.2 Å². The molecule has 1 N–H and O–H groups in total. The number of para-hydroxylation sites is 2. The summed E-state index contributed by atoms with van der Waals surface area (Å²) in [5.74, 6) is 0.103. The highest BCUT2D eigenvalue weighted by Gasteiger charge is 2.19. The number of carbonyl (C=O) groups is 1. The third kappa shape index (κ3) is 5.22. The Balaban J connectivity index is 1.88. The molecule has 7 heteroatoms. The average molecular weight is 362 g/mol. The second-order valence-electron chi connectivity index (χ2n) is 5.46. The molecule has 0 unspecified atom stereocenters. The molecule has 25 heavy (non-hydrogen) atoms. The van der Waals surface area contributed by atoms with Gasteiger partial charge in [0, 0.05) is 25.6 Å². The lowest BCUT2D eigenvalue weighted by atomic mass is 10.2. The van der Waals surface area contributed by atoms with Gasteiger partial charge in [-0.15, -0.1) is 0 Å². The number of anilines is 1. The number of carbonyl (C=O) groups excluding carboxylic acids is 1. The Kier molecular flexibility index (Phi) is 6.41. The van der Waals surface area contributed by atoms with Crippen molar-refractivity contribution in [1.29, 1.82) is 0 Å². The third-order valence-electron chi connectivity index (χ3n) is 3.79. The van der Waals surface area contributed by atoms with Gasteiger partial charge in [-0.05, 0) is 18.2 Å². The van der Waals surface area contributed by atoms with Crippen LogP contribution in [0, 0.1) is 0 Å². The number of amides is 1. The van der Waals surface area contributed by atoms with Gasteiger partial charge in [0.1, 0.15) is 5.75 Å². The monoisotopic (exact) mass is 362 g/mol. The van der Waals surface area contributed by atoms with E-state index < -0.39 is 10.0 Å². The van der Waals surface area contributed by atoms with Gasteiger partial charge in [-0.1, -0.05) is 36.4 Å². The SMILES string of the molecule is COc1ccccc1CNC(=O)CCS(=O)(=O)N(C)c1ccccc1. The first kappa shape index (κ1) is 18.8. The van der Waals surface area contributed by atoms with Crippen molar-refractivity contribution in [2.24, 2.45) is 0 Å². The van der Waals surface area contributed by atoms with Crippen LogP contribution in [0.15, 0.2) is 54.6 Å². The highest BCUT2D eigenvalue weighted by molar-refractivity contribution is 7.92. The highest BCUT2D eigenvalue weighted by atomic mass is 32.2. The molecule has 0 heterocycles. The predicted octanol–water partition coefficient (Wildman–Crippen LogP) is 2.17. The van der Waals surface area contributed by atoms with Crippen LogP contribution in [-0.4, -0.2) is 34.2 Å². The molecule has 0 aliphatic carbocycles. The standard InChI is InChI=1S/C18H22N2O4S/c1-20(16-9-4-3-5-10-16)25(22,23)13-12-18(21)19-14-15-8-6-7-11-17(15)24-2/h3-11H,12-14H2,1-2H3,(H,19,21). The minimum absolute atomic E-state index is 0.103. The Morgan fingerprint density at radius 2 is 1.72 bits per heavy atom. The molecule has 0 atom stereocenters. The number of rotatable bonds is 8. The summed E-state index contributed by atoms with van der Waals surface area (Å²) in [5, 5.41) is 2.72. The van der Waals surface area contributed by atoms with Gasteiger partial charge in [0.05, 0.1) is 18.6 Å². The van der Waals surface area contributed by atoms with Gasteiger partial charge in [0.15, 0.2) is 0 Å². The molecule has 2 rings (SSSR count). The summed E-state index contributed by atoms with van der Waals surface area (Å²) >= 11 is 0. The van der Waals surface area contributed by atoms with Crippen molar-refractivity contribution < 1.29 is 17.9 Å². The molecule has 2 aromatic rings. The summed E-state index contributed by atoms with van der Waals surface area (Å²) in [5.41, 5.74) is 1.40. The first-order valence-corrected chi connectivity index (χ1v) is 9.45. The molecule has 1 amide bonds. The van der Waals surface area contributed by atoms with E-state index in [2.05, 4.69) is 5.32 Å².